The Labute approximate surface area is 195 Å². The van der Waals surface area contributed by atoms with Crippen molar-refractivity contribution in [2.45, 2.75) is 6.54 Å². The summed E-state index contributed by atoms with van der Waals surface area (Å²) < 4.78 is 0. The topological polar surface area (TPSA) is 104 Å². The minimum Gasteiger partial charge on any atom is -0.478 e. The fraction of sp³-hybridized carbons (Fsp3) is 0.0400. The molecule has 4 rings (SSSR count). The monoisotopic (exact) mass is 458 g/mol. The first-order valence-electron chi connectivity index (χ1n) is 10.0. The van der Waals surface area contributed by atoms with Gasteiger partial charge in [0.25, 0.3) is 5.91 Å². The Kier molecular flexibility index (Phi) is 6.61. The van der Waals surface area contributed by atoms with Crippen molar-refractivity contribution in [3.8, 4) is 11.3 Å². The van der Waals surface area contributed by atoms with Crippen molar-refractivity contribution in [1.29, 1.82) is 0 Å². The predicted octanol–water partition coefficient (Wildman–Crippen LogP) is 5.17. The number of amides is 1. The van der Waals surface area contributed by atoms with Gasteiger partial charge in [-0.2, -0.15) is 0 Å². The Morgan fingerprint density at radius 3 is 2.18 bits per heavy atom. The molecule has 0 saturated heterocycles. The Morgan fingerprint density at radius 2 is 1.52 bits per heavy atom. The maximum Gasteiger partial charge on any atom is 0.335 e. The number of anilines is 2. The second kappa shape index (κ2) is 9.93. The normalized spacial score (nSPS) is 10.5. The third kappa shape index (κ3) is 5.72. The number of hydrogen-bond acceptors (Lipinski definition) is 5. The van der Waals surface area contributed by atoms with Crippen LogP contribution in [0, 0.1) is 0 Å². The molecular formula is C25H19ClN4O3. The zero-order valence-corrected chi connectivity index (χ0v) is 18.1. The van der Waals surface area contributed by atoms with Crippen molar-refractivity contribution in [2.75, 3.05) is 5.32 Å². The van der Waals surface area contributed by atoms with Gasteiger partial charge < -0.3 is 15.7 Å². The highest BCUT2D eigenvalue weighted by Gasteiger charge is 2.08. The molecule has 8 heteroatoms. The molecule has 0 bridgehead atoms. The molecule has 0 aliphatic rings. The van der Waals surface area contributed by atoms with E-state index in [1.165, 1.54) is 12.1 Å². The fourth-order valence-corrected chi connectivity index (χ4v) is 3.21. The molecule has 0 aliphatic heterocycles. The molecule has 3 N–H and O–H groups in total. The molecule has 0 spiro atoms. The summed E-state index contributed by atoms with van der Waals surface area (Å²) in [6.07, 6.45) is 1.67. The molecule has 3 aromatic carbocycles. The van der Waals surface area contributed by atoms with Gasteiger partial charge in [-0.05, 0) is 60.2 Å². The van der Waals surface area contributed by atoms with E-state index in [-0.39, 0.29) is 11.5 Å². The maximum absolute atomic E-state index is 12.4. The zero-order valence-electron chi connectivity index (χ0n) is 17.3. The van der Waals surface area contributed by atoms with E-state index in [1.54, 1.807) is 54.7 Å². The largest absolute Gasteiger partial charge is 0.478 e. The van der Waals surface area contributed by atoms with E-state index in [2.05, 4.69) is 20.6 Å². The minimum atomic E-state index is -0.985. The van der Waals surface area contributed by atoms with Gasteiger partial charge in [0.15, 0.2) is 0 Å². The lowest BCUT2D eigenvalue weighted by molar-refractivity contribution is 0.0696. The predicted molar refractivity (Wildman–Crippen MR) is 127 cm³/mol. The maximum atomic E-state index is 12.4. The summed E-state index contributed by atoms with van der Waals surface area (Å²) in [6.45, 7) is 0.296. The van der Waals surface area contributed by atoms with E-state index in [0.717, 1.165) is 22.5 Å². The number of rotatable bonds is 7. The molecule has 0 fully saturated rings. The SMILES string of the molecule is O=C(O)c1ccc(CNC(=O)c2ccc(Nc3nccc(-c4ccc(Cl)cc4)n3)cc2)cc1. The summed E-state index contributed by atoms with van der Waals surface area (Å²) >= 11 is 5.95. The average Bonchev–Trinajstić information content (AvgIpc) is 2.84. The van der Waals surface area contributed by atoms with Crippen LogP contribution in [0.2, 0.25) is 5.02 Å². The summed E-state index contributed by atoms with van der Waals surface area (Å²) in [7, 11) is 0. The number of hydrogen-bond donors (Lipinski definition) is 3. The van der Waals surface area contributed by atoms with E-state index >= 15 is 0 Å². The van der Waals surface area contributed by atoms with Crippen molar-refractivity contribution in [1.82, 2.24) is 15.3 Å². The first kappa shape index (κ1) is 22.0. The number of carboxylic acids is 1. The first-order valence-corrected chi connectivity index (χ1v) is 10.4. The van der Waals surface area contributed by atoms with E-state index in [9.17, 15) is 9.59 Å². The lowest BCUT2D eigenvalue weighted by Gasteiger charge is -2.09. The number of aromatic carboxylic acids is 1. The van der Waals surface area contributed by atoms with Gasteiger partial charge in [0.2, 0.25) is 5.95 Å². The van der Waals surface area contributed by atoms with Crippen molar-refractivity contribution in [2.24, 2.45) is 0 Å². The van der Waals surface area contributed by atoms with Gasteiger partial charge in [0.05, 0.1) is 11.3 Å². The average molecular weight is 459 g/mol. The number of carbonyl (C=O) groups excluding carboxylic acids is 1. The Balaban J connectivity index is 1.37. The number of carboxylic acid groups (broad SMARTS) is 1. The molecular weight excluding hydrogens is 440 g/mol. The summed E-state index contributed by atoms with van der Waals surface area (Å²) in [5.74, 6) is -0.782. The smallest absolute Gasteiger partial charge is 0.335 e. The van der Waals surface area contributed by atoms with Crippen molar-refractivity contribution in [3.05, 3.63) is 107 Å². The van der Waals surface area contributed by atoms with E-state index < -0.39 is 5.97 Å². The highest BCUT2D eigenvalue weighted by molar-refractivity contribution is 6.30. The van der Waals surface area contributed by atoms with Crippen LogP contribution in [0.15, 0.2) is 85.1 Å². The van der Waals surface area contributed by atoms with Gasteiger partial charge in [0.1, 0.15) is 0 Å². The Bertz CT molecular complexity index is 1270. The molecule has 0 unspecified atom stereocenters. The van der Waals surface area contributed by atoms with Crippen molar-refractivity contribution < 1.29 is 14.7 Å². The Hall–Kier alpha value is -4.23. The number of aromatic nitrogens is 2. The number of nitrogens with zero attached hydrogens (tertiary/aromatic N) is 2. The first-order chi connectivity index (χ1) is 16.0. The number of halogens is 1. The molecule has 33 heavy (non-hydrogen) atoms. The number of carbonyl (C=O) groups is 2. The van der Waals surface area contributed by atoms with Crippen LogP contribution in [0.25, 0.3) is 11.3 Å². The van der Waals surface area contributed by atoms with Crippen LogP contribution in [-0.4, -0.2) is 27.0 Å². The van der Waals surface area contributed by atoms with Gasteiger partial charge in [0, 0.05) is 34.6 Å². The molecule has 1 heterocycles. The van der Waals surface area contributed by atoms with Crippen LogP contribution in [0.3, 0.4) is 0 Å². The van der Waals surface area contributed by atoms with E-state index in [0.29, 0.717) is 23.1 Å². The third-order valence-electron chi connectivity index (χ3n) is 4.85. The molecule has 0 saturated carbocycles. The summed E-state index contributed by atoms with van der Waals surface area (Å²) in [4.78, 5) is 32.1. The summed E-state index contributed by atoms with van der Waals surface area (Å²) in [5.41, 5.74) is 3.94. The molecule has 1 aromatic heterocycles. The van der Waals surface area contributed by atoms with Crippen LogP contribution in [0.5, 0.6) is 0 Å². The van der Waals surface area contributed by atoms with Crippen LogP contribution in [0.4, 0.5) is 11.6 Å². The summed E-state index contributed by atoms with van der Waals surface area (Å²) in [5, 5.41) is 15.6. The van der Waals surface area contributed by atoms with Crippen molar-refractivity contribution in [3.63, 3.8) is 0 Å². The van der Waals surface area contributed by atoms with Gasteiger partial charge >= 0.3 is 5.97 Å². The molecule has 1 amide bonds. The molecule has 164 valence electrons. The van der Waals surface area contributed by atoms with Crippen LogP contribution in [-0.2, 0) is 6.54 Å². The highest BCUT2D eigenvalue weighted by atomic mass is 35.5. The lowest BCUT2D eigenvalue weighted by Crippen LogP contribution is -2.22. The quantitative estimate of drug-likeness (QED) is 0.353. The van der Waals surface area contributed by atoms with Crippen LogP contribution < -0.4 is 10.6 Å². The fourth-order valence-electron chi connectivity index (χ4n) is 3.08. The zero-order chi connectivity index (χ0) is 23.2. The van der Waals surface area contributed by atoms with E-state index in [4.69, 9.17) is 16.7 Å². The molecule has 7 nitrogen and oxygen atoms in total. The number of nitrogens with one attached hydrogen (secondary N) is 2. The second-order valence-electron chi connectivity index (χ2n) is 7.16. The second-order valence-corrected chi connectivity index (χ2v) is 7.60. The van der Waals surface area contributed by atoms with Gasteiger partial charge in [-0.15, -0.1) is 0 Å². The van der Waals surface area contributed by atoms with Crippen LogP contribution >= 0.6 is 11.6 Å². The minimum absolute atomic E-state index is 0.204. The summed E-state index contributed by atoms with van der Waals surface area (Å²) in [6, 6.07) is 22.5. The van der Waals surface area contributed by atoms with Gasteiger partial charge in [-0.3, -0.25) is 4.79 Å². The highest BCUT2D eigenvalue weighted by Crippen LogP contribution is 2.21. The Morgan fingerprint density at radius 1 is 0.848 bits per heavy atom. The van der Waals surface area contributed by atoms with E-state index in [1.807, 2.05) is 18.2 Å². The molecule has 0 radical (unpaired) electrons. The lowest BCUT2D eigenvalue weighted by atomic mass is 10.1. The number of benzene rings is 3. The third-order valence-corrected chi connectivity index (χ3v) is 5.10. The molecule has 4 aromatic rings. The van der Waals surface area contributed by atoms with Gasteiger partial charge in [-0.25, -0.2) is 14.8 Å². The molecule has 0 atom stereocenters. The molecule has 0 aliphatic carbocycles. The van der Waals surface area contributed by atoms with Crippen molar-refractivity contribution >= 4 is 35.1 Å². The van der Waals surface area contributed by atoms with Gasteiger partial charge in [-0.1, -0.05) is 35.9 Å². The standard InChI is InChI=1S/C25H19ClN4O3/c26-20-9-5-17(6-10-20)22-13-14-27-25(30-22)29-21-11-7-18(8-12-21)23(31)28-15-16-1-3-19(4-2-16)24(32)33/h1-14H,15H2,(H,28,31)(H,32,33)(H,27,29,30). The van der Waals surface area contributed by atoms with Crippen LogP contribution in [0.1, 0.15) is 26.3 Å².